The van der Waals surface area contributed by atoms with Crippen molar-refractivity contribution in [2.24, 2.45) is 22.6 Å². The van der Waals surface area contributed by atoms with Crippen LogP contribution in [0.25, 0.3) is 0 Å². The monoisotopic (exact) mass is 448 g/mol. The highest BCUT2D eigenvalue weighted by molar-refractivity contribution is 14.0. The van der Waals surface area contributed by atoms with Crippen molar-refractivity contribution in [3.05, 3.63) is 23.7 Å². The van der Waals surface area contributed by atoms with E-state index in [2.05, 4.69) is 22.5 Å². The fourth-order valence-corrected chi connectivity index (χ4v) is 3.21. The lowest BCUT2D eigenvalue weighted by Crippen LogP contribution is -2.38. The van der Waals surface area contributed by atoms with Crippen LogP contribution in [0.1, 0.15) is 55.3 Å². The summed E-state index contributed by atoms with van der Waals surface area (Å²) in [5, 5.41) is 6.51. The molecule has 4 N–H and O–H groups in total. The third kappa shape index (κ3) is 6.70. The Morgan fingerprint density at radius 1 is 1.38 bits per heavy atom. The first kappa shape index (κ1) is 20.8. The van der Waals surface area contributed by atoms with Gasteiger partial charge >= 0.3 is 0 Å². The van der Waals surface area contributed by atoms with Gasteiger partial charge in [-0.15, -0.1) is 24.0 Å². The number of nitrogens with zero attached hydrogens (tertiary/aromatic N) is 1. The van der Waals surface area contributed by atoms with Crippen LogP contribution >= 0.6 is 24.0 Å². The molecular formula is C17H29IN4O2. The second-order valence-corrected chi connectivity index (χ2v) is 6.41. The van der Waals surface area contributed by atoms with Gasteiger partial charge in [-0.2, -0.15) is 0 Å². The molecule has 24 heavy (non-hydrogen) atoms. The maximum atomic E-state index is 11.0. The van der Waals surface area contributed by atoms with Crippen molar-refractivity contribution in [3.63, 3.8) is 0 Å². The van der Waals surface area contributed by atoms with Gasteiger partial charge in [0.05, 0.1) is 6.54 Å². The lowest BCUT2D eigenvalue weighted by atomic mass is 9.81. The van der Waals surface area contributed by atoms with Gasteiger partial charge in [0.15, 0.2) is 11.7 Å². The van der Waals surface area contributed by atoms with Gasteiger partial charge in [-0.25, -0.2) is 0 Å². The van der Waals surface area contributed by atoms with Crippen molar-refractivity contribution < 1.29 is 9.21 Å². The summed E-state index contributed by atoms with van der Waals surface area (Å²) in [5.41, 5.74) is 5.17. The van der Waals surface area contributed by atoms with E-state index in [0.717, 1.165) is 24.3 Å². The topological polar surface area (TPSA) is 92.6 Å². The standard InChI is InChI=1S/C17H28N4O2.HI/c1-12-4-3-5-13(10-12)8-9-20-17(19-2)21-11-14-6-7-15(23-14)16(18)22;/h6-7,12-13H,3-5,8-11H2,1-2H3,(H2,18,22)(H2,19,20,21);1H. The minimum atomic E-state index is -0.555. The van der Waals surface area contributed by atoms with Gasteiger partial charge in [0.25, 0.3) is 5.91 Å². The molecule has 0 saturated heterocycles. The number of hydrogen-bond acceptors (Lipinski definition) is 3. The molecule has 7 heteroatoms. The lowest BCUT2D eigenvalue weighted by molar-refractivity contribution is 0.0972. The van der Waals surface area contributed by atoms with E-state index in [0.29, 0.717) is 12.3 Å². The molecule has 2 atom stereocenters. The van der Waals surface area contributed by atoms with Crippen molar-refractivity contribution in [1.29, 1.82) is 0 Å². The summed E-state index contributed by atoms with van der Waals surface area (Å²) >= 11 is 0. The molecule has 1 aliphatic rings. The second-order valence-electron chi connectivity index (χ2n) is 6.41. The zero-order chi connectivity index (χ0) is 16.7. The van der Waals surface area contributed by atoms with Gasteiger partial charge in [0.2, 0.25) is 0 Å². The number of halogens is 1. The molecule has 6 nitrogen and oxygen atoms in total. The number of amides is 1. The normalized spacial score (nSPS) is 21.0. The third-order valence-electron chi connectivity index (χ3n) is 4.45. The Morgan fingerprint density at radius 3 is 2.79 bits per heavy atom. The SMILES string of the molecule is CN=C(NCCC1CCCC(C)C1)NCc1ccc(C(N)=O)o1.I. The summed E-state index contributed by atoms with van der Waals surface area (Å²) in [7, 11) is 1.75. The van der Waals surface area contributed by atoms with E-state index >= 15 is 0 Å². The zero-order valence-electron chi connectivity index (χ0n) is 14.5. The maximum Gasteiger partial charge on any atom is 0.284 e. The smallest absolute Gasteiger partial charge is 0.284 e. The van der Waals surface area contributed by atoms with Crippen molar-refractivity contribution in [3.8, 4) is 0 Å². The molecule has 0 radical (unpaired) electrons. The van der Waals surface area contributed by atoms with E-state index in [4.69, 9.17) is 10.2 Å². The quantitative estimate of drug-likeness (QED) is 0.355. The van der Waals surface area contributed by atoms with E-state index in [1.54, 1.807) is 19.2 Å². The molecule has 0 bridgehead atoms. The Bertz CT molecular complexity index is 544. The van der Waals surface area contributed by atoms with Crippen LogP contribution in [-0.4, -0.2) is 25.5 Å². The molecule has 1 aromatic heterocycles. The van der Waals surface area contributed by atoms with Crippen LogP contribution < -0.4 is 16.4 Å². The lowest BCUT2D eigenvalue weighted by Gasteiger charge is -2.26. The van der Waals surface area contributed by atoms with Crippen LogP contribution in [0.4, 0.5) is 0 Å². The molecule has 0 aromatic carbocycles. The highest BCUT2D eigenvalue weighted by Gasteiger charge is 2.18. The summed E-state index contributed by atoms with van der Waals surface area (Å²) in [6, 6.07) is 3.32. The molecule has 0 aliphatic heterocycles. The highest BCUT2D eigenvalue weighted by atomic mass is 127. The molecule has 2 unspecified atom stereocenters. The minimum absolute atomic E-state index is 0. The van der Waals surface area contributed by atoms with Gasteiger partial charge in [-0.1, -0.05) is 26.2 Å². The summed E-state index contributed by atoms with van der Waals surface area (Å²) in [4.78, 5) is 15.2. The van der Waals surface area contributed by atoms with Crippen LogP contribution in [0.15, 0.2) is 21.5 Å². The van der Waals surface area contributed by atoms with Crippen LogP contribution in [-0.2, 0) is 6.54 Å². The van der Waals surface area contributed by atoms with Crippen LogP contribution in [0, 0.1) is 11.8 Å². The molecule has 136 valence electrons. The van der Waals surface area contributed by atoms with Gasteiger partial charge in [0, 0.05) is 13.6 Å². The molecule has 1 fully saturated rings. The average Bonchev–Trinajstić information content (AvgIpc) is 3.00. The number of furan rings is 1. The van der Waals surface area contributed by atoms with Gasteiger partial charge in [0.1, 0.15) is 5.76 Å². The number of carbonyl (C=O) groups is 1. The fourth-order valence-electron chi connectivity index (χ4n) is 3.21. The molecule has 1 aliphatic carbocycles. The Balaban J connectivity index is 0.00000288. The Labute approximate surface area is 161 Å². The van der Waals surface area contributed by atoms with Gasteiger partial charge in [-0.3, -0.25) is 9.79 Å². The van der Waals surface area contributed by atoms with E-state index in [9.17, 15) is 4.79 Å². The number of carbonyl (C=O) groups excluding carboxylic acids is 1. The highest BCUT2D eigenvalue weighted by Crippen LogP contribution is 2.30. The predicted molar refractivity (Wildman–Crippen MR) is 107 cm³/mol. The zero-order valence-corrected chi connectivity index (χ0v) is 16.8. The number of nitrogens with one attached hydrogen (secondary N) is 2. The molecule has 2 rings (SSSR count). The summed E-state index contributed by atoms with van der Waals surface area (Å²) < 4.78 is 5.33. The largest absolute Gasteiger partial charge is 0.454 e. The number of rotatable bonds is 6. The number of aliphatic imine (C=N–C) groups is 1. The van der Waals surface area contributed by atoms with E-state index in [1.807, 2.05) is 0 Å². The maximum absolute atomic E-state index is 11.0. The Kier molecular flexibility index (Phi) is 9.17. The first-order valence-corrected chi connectivity index (χ1v) is 8.41. The van der Waals surface area contributed by atoms with Gasteiger partial charge in [-0.05, 0) is 36.8 Å². The molecule has 1 saturated carbocycles. The summed E-state index contributed by atoms with van der Waals surface area (Å²) in [6.45, 7) is 3.74. The van der Waals surface area contributed by atoms with E-state index in [1.165, 1.54) is 32.1 Å². The summed E-state index contributed by atoms with van der Waals surface area (Å²) in [6.07, 6.45) is 6.61. The molecule has 1 heterocycles. The third-order valence-corrected chi connectivity index (χ3v) is 4.45. The van der Waals surface area contributed by atoms with Crippen molar-refractivity contribution in [1.82, 2.24) is 10.6 Å². The fraction of sp³-hybridized carbons (Fsp3) is 0.647. The van der Waals surface area contributed by atoms with E-state index < -0.39 is 5.91 Å². The number of primary amides is 1. The first-order chi connectivity index (χ1) is 11.1. The minimum Gasteiger partial charge on any atom is -0.454 e. The average molecular weight is 448 g/mol. The Hall–Kier alpha value is -1.25. The predicted octanol–water partition coefficient (Wildman–Crippen LogP) is 2.88. The van der Waals surface area contributed by atoms with Crippen molar-refractivity contribution in [2.75, 3.05) is 13.6 Å². The van der Waals surface area contributed by atoms with Crippen LogP contribution in [0.5, 0.6) is 0 Å². The number of hydrogen-bond donors (Lipinski definition) is 3. The molecule has 1 amide bonds. The van der Waals surface area contributed by atoms with E-state index in [-0.39, 0.29) is 29.7 Å². The van der Waals surface area contributed by atoms with Crippen LogP contribution in [0.3, 0.4) is 0 Å². The number of guanidine groups is 1. The number of nitrogens with two attached hydrogens (primary N) is 1. The molecular weight excluding hydrogens is 419 g/mol. The first-order valence-electron chi connectivity index (χ1n) is 8.41. The molecule has 0 spiro atoms. The van der Waals surface area contributed by atoms with Crippen molar-refractivity contribution >= 4 is 35.8 Å². The van der Waals surface area contributed by atoms with Crippen molar-refractivity contribution in [2.45, 2.75) is 45.6 Å². The molecule has 1 aromatic rings. The van der Waals surface area contributed by atoms with Crippen LogP contribution in [0.2, 0.25) is 0 Å². The van der Waals surface area contributed by atoms with Gasteiger partial charge < -0.3 is 20.8 Å². The second kappa shape index (κ2) is 10.6. The Morgan fingerprint density at radius 2 is 2.17 bits per heavy atom. The summed E-state index contributed by atoms with van der Waals surface area (Å²) in [5.74, 6) is 2.71.